The Morgan fingerprint density at radius 3 is 2.76 bits per heavy atom. The van der Waals surface area contributed by atoms with Gasteiger partial charge in [-0.15, -0.1) is 0 Å². The molecule has 21 heavy (non-hydrogen) atoms. The van der Waals surface area contributed by atoms with E-state index in [1.54, 1.807) is 0 Å². The number of ether oxygens (including phenoxy) is 1. The van der Waals surface area contributed by atoms with Gasteiger partial charge in [0.05, 0.1) is 12.1 Å². The number of aryl methyl sites for hydroxylation is 1. The van der Waals surface area contributed by atoms with Crippen LogP contribution in [0.15, 0.2) is 48.5 Å². The number of nitrogens with one attached hydrogen (secondary N) is 1. The van der Waals surface area contributed by atoms with Crippen molar-refractivity contribution in [1.29, 1.82) is 0 Å². The molecule has 4 heteroatoms. The summed E-state index contributed by atoms with van der Waals surface area (Å²) >= 11 is 0. The van der Waals surface area contributed by atoms with Gasteiger partial charge in [-0.2, -0.15) is 0 Å². The predicted octanol–water partition coefficient (Wildman–Crippen LogP) is 2.51. The van der Waals surface area contributed by atoms with Crippen molar-refractivity contribution in [3.05, 3.63) is 59.7 Å². The third-order valence-electron chi connectivity index (χ3n) is 2.98. The molecule has 0 aliphatic carbocycles. The van der Waals surface area contributed by atoms with Crippen LogP contribution in [0.1, 0.15) is 11.1 Å². The second-order valence-electron chi connectivity index (χ2n) is 4.85. The van der Waals surface area contributed by atoms with Gasteiger partial charge in [0.25, 0.3) is 0 Å². The average molecular weight is 284 g/mol. The summed E-state index contributed by atoms with van der Waals surface area (Å²) in [5, 5.41) is 2.88. The largest absolute Gasteiger partial charge is 0.490 e. The number of carbonyl (C=O) groups is 1. The van der Waals surface area contributed by atoms with Crippen LogP contribution in [0.2, 0.25) is 0 Å². The molecule has 0 saturated heterocycles. The SMILES string of the molecule is Cc1cccc(CC(=O)Nc2ccccc2OCCN)c1. The van der Waals surface area contributed by atoms with Gasteiger partial charge in [-0.3, -0.25) is 4.79 Å². The minimum Gasteiger partial charge on any atom is -0.490 e. The van der Waals surface area contributed by atoms with Gasteiger partial charge in [0, 0.05) is 6.54 Å². The quantitative estimate of drug-likeness (QED) is 0.856. The van der Waals surface area contributed by atoms with Crippen molar-refractivity contribution in [2.24, 2.45) is 5.73 Å². The molecule has 0 aromatic heterocycles. The van der Waals surface area contributed by atoms with Crippen LogP contribution in [0.3, 0.4) is 0 Å². The van der Waals surface area contributed by atoms with Gasteiger partial charge in [-0.1, -0.05) is 42.0 Å². The Balaban J connectivity index is 2.02. The summed E-state index contributed by atoms with van der Waals surface area (Å²) in [5.74, 6) is 0.574. The highest BCUT2D eigenvalue weighted by atomic mass is 16.5. The van der Waals surface area contributed by atoms with Crippen molar-refractivity contribution in [2.75, 3.05) is 18.5 Å². The molecule has 4 nitrogen and oxygen atoms in total. The Hall–Kier alpha value is -2.33. The first-order valence-corrected chi connectivity index (χ1v) is 6.96. The third-order valence-corrected chi connectivity index (χ3v) is 2.98. The van der Waals surface area contributed by atoms with Crippen LogP contribution in [0.4, 0.5) is 5.69 Å². The number of anilines is 1. The normalized spacial score (nSPS) is 10.2. The molecule has 0 aliphatic rings. The number of nitrogens with two attached hydrogens (primary N) is 1. The molecule has 2 rings (SSSR count). The van der Waals surface area contributed by atoms with Gasteiger partial charge in [0.1, 0.15) is 12.4 Å². The molecule has 0 aliphatic heterocycles. The second-order valence-corrected chi connectivity index (χ2v) is 4.85. The zero-order valence-corrected chi connectivity index (χ0v) is 12.1. The molecule has 0 heterocycles. The van der Waals surface area contributed by atoms with Crippen LogP contribution in [0, 0.1) is 6.92 Å². The first-order valence-electron chi connectivity index (χ1n) is 6.96. The monoisotopic (exact) mass is 284 g/mol. The fraction of sp³-hybridized carbons (Fsp3) is 0.235. The molecule has 0 radical (unpaired) electrons. The van der Waals surface area contributed by atoms with E-state index in [0.717, 1.165) is 11.1 Å². The van der Waals surface area contributed by atoms with Crippen LogP contribution in [-0.2, 0) is 11.2 Å². The summed E-state index contributed by atoms with van der Waals surface area (Å²) < 4.78 is 5.52. The number of carbonyl (C=O) groups excluding carboxylic acids is 1. The highest BCUT2D eigenvalue weighted by Gasteiger charge is 2.08. The van der Waals surface area contributed by atoms with Crippen molar-refractivity contribution in [1.82, 2.24) is 0 Å². The lowest BCUT2D eigenvalue weighted by Crippen LogP contribution is -2.16. The molecule has 3 N–H and O–H groups in total. The lowest BCUT2D eigenvalue weighted by atomic mass is 10.1. The van der Waals surface area contributed by atoms with E-state index >= 15 is 0 Å². The Morgan fingerprint density at radius 1 is 1.19 bits per heavy atom. The molecular formula is C17H20N2O2. The Kier molecular flexibility index (Phi) is 5.35. The molecule has 0 atom stereocenters. The van der Waals surface area contributed by atoms with E-state index in [-0.39, 0.29) is 5.91 Å². The lowest BCUT2D eigenvalue weighted by molar-refractivity contribution is -0.115. The fourth-order valence-corrected chi connectivity index (χ4v) is 2.07. The Morgan fingerprint density at radius 2 is 2.00 bits per heavy atom. The van der Waals surface area contributed by atoms with Gasteiger partial charge in [0.15, 0.2) is 0 Å². The molecular weight excluding hydrogens is 264 g/mol. The van der Waals surface area contributed by atoms with Crippen LogP contribution in [-0.4, -0.2) is 19.1 Å². The minimum atomic E-state index is -0.0654. The maximum absolute atomic E-state index is 12.1. The molecule has 0 spiro atoms. The summed E-state index contributed by atoms with van der Waals surface area (Å²) in [5.41, 5.74) is 8.24. The topological polar surface area (TPSA) is 64.3 Å². The maximum atomic E-state index is 12.1. The Labute approximate surface area is 124 Å². The van der Waals surface area contributed by atoms with E-state index in [0.29, 0.717) is 31.0 Å². The highest BCUT2D eigenvalue weighted by molar-refractivity contribution is 5.93. The molecule has 0 saturated carbocycles. The summed E-state index contributed by atoms with van der Waals surface area (Å²) in [7, 11) is 0. The minimum absolute atomic E-state index is 0.0654. The third kappa shape index (κ3) is 4.61. The molecule has 0 fully saturated rings. The van der Waals surface area contributed by atoms with E-state index in [1.807, 2.05) is 55.5 Å². The summed E-state index contributed by atoms with van der Waals surface area (Å²) in [6, 6.07) is 15.3. The van der Waals surface area contributed by atoms with Gasteiger partial charge >= 0.3 is 0 Å². The molecule has 2 aromatic carbocycles. The highest BCUT2D eigenvalue weighted by Crippen LogP contribution is 2.23. The van der Waals surface area contributed by atoms with Crippen molar-refractivity contribution in [3.63, 3.8) is 0 Å². The van der Waals surface area contributed by atoms with Gasteiger partial charge in [0.2, 0.25) is 5.91 Å². The number of para-hydroxylation sites is 2. The molecule has 0 bridgehead atoms. The first kappa shape index (κ1) is 15.1. The second kappa shape index (κ2) is 7.45. The van der Waals surface area contributed by atoms with Crippen molar-refractivity contribution < 1.29 is 9.53 Å². The average Bonchev–Trinajstić information content (AvgIpc) is 2.46. The summed E-state index contributed by atoms with van der Waals surface area (Å²) in [4.78, 5) is 12.1. The van der Waals surface area contributed by atoms with Crippen molar-refractivity contribution in [3.8, 4) is 5.75 Å². The van der Waals surface area contributed by atoms with Crippen molar-refractivity contribution in [2.45, 2.75) is 13.3 Å². The van der Waals surface area contributed by atoms with E-state index in [4.69, 9.17) is 10.5 Å². The standard InChI is InChI=1S/C17H20N2O2/c1-13-5-4-6-14(11-13)12-17(20)19-15-7-2-3-8-16(15)21-10-9-18/h2-8,11H,9-10,12,18H2,1H3,(H,19,20). The van der Waals surface area contributed by atoms with Gasteiger partial charge in [-0.25, -0.2) is 0 Å². The molecule has 0 unspecified atom stereocenters. The fourth-order valence-electron chi connectivity index (χ4n) is 2.07. The lowest BCUT2D eigenvalue weighted by Gasteiger charge is -2.12. The van der Waals surface area contributed by atoms with Gasteiger partial charge in [-0.05, 0) is 24.6 Å². The van der Waals surface area contributed by atoms with Crippen LogP contribution >= 0.6 is 0 Å². The van der Waals surface area contributed by atoms with Crippen LogP contribution < -0.4 is 15.8 Å². The van der Waals surface area contributed by atoms with E-state index in [2.05, 4.69) is 5.32 Å². The van der Waals surface area contributed by atoms with Crippen LogP contribution in [0.5, 0.6) is 5.75 Å². The zero-order valence-electron chi connectivity index (χ0n) is 12.1. The van der Waals surface area contributed by atoms with Crippen LogP contribution in [0.25, 0.3) is 0 Å². The maximum Gasteiger partial charge on any atom is 0.228 e. The number of amides is 1. The number of hydrogen-bond acceptors (Lipinski definition) is 3. The first-order chi connectivity index (χ1) is 10.2. The van der Waals surface area contributed by atoms with Gasteiger partial charge < -0.3 is 15.8 Å². The predicted molar refractivity (Wildman–Crippen MR) is 84.5 cm³/mol. The van der Waals surface area contributed by atoms with E-state index < -0.39 is 0 Å². The summed E-state index contributed by atoms with van der Waals surface area (Å²) in [6.07, 6.45) is 0.340. The van der Waals surface area contributed by atoms with E-state index in [9.17, 15) is 4.79 Å². The summed E-state index contributed by atoms with van der Waals surface area (Å²) in [6.45, 7) is 2.87. The number of hydrogen-bond donors (Lipinski definition) is 2. The Bertz CT molecular complexity index is 611. The zero-order chi connectivity index (χ0) is 15.1. The van der Waals surface area contributed by atoms with Crippen molar-refractivity contribution >= 4 is 11.6 Å². The number of benzene rings is 2. The molecule has 110 valence electrons. The molecule has 2 aromatic rings. The van der Waals surface area contributed by atoms with E-state index in [1.165, 1.54) is 0 Å². The number of rotatable bonds is 6. The smallest absolute Gasteiger partial charge is 0.228 e. The molecule has 1 amide bonds.